The fourth-order valence-corrected chi connectivity index (χ4v) is 1.97. The average Bonchev–Trinajstić information content (AvgIpc) is 2.67. The fraction of sp³-hybridized carbons (Fsp3) is 0.100. The van der Waals surface area contributed by atoms with Gasteiger partial charge < -0.3 is 10.1 Å². The number of carbonyl (C=O) groups is 2. The summed E-state index contributed by atoms with van der Waals surface area (Å²) in [6.07, 6.45) is 1.77. The van der Waals surface area contributed by atoms with Crippen molar-refractivity contribution < 1.29 is 14.3 Å². The lowest BCUT2D eigenvalue weighted by molar-refractivity contribution is -0.148. The molecule has 0 unspecified atom stereocenters. The standard InChI is InChI=1S/C20H15N3O3/c1-14(20(25)23-18-9-6-17(13-22)7-10-18)26-19(24)11-8-15-2-4-16(12-21)5-3-15/h2-11,14H,1H3,(H,23,25)/b11-8+/t14-/m1/s1. The average molecular weight is 345 g/mol. The van der Waals surface area contributed by atoms with Crippen LogP contribution in [-0.2, 0) is 14.3 Å². The zero-order valence-corrected chi connectivity index (χ0v) is 14.0. The van der Waals surface area contributed by atoms with Gasteiger partial charge in [0, 0.05) is 11.8 Å². The van der Waals surface area contributed by atoms with E-state index < -0.39 is 18.0 Å². The van der Waals surface area contributed by atoms with Crippen LogP contribution in [0.2, 0.25) is 0 Å². The predicted molar refractivity (Wildman–Crippen MR) is 95.5 cm³/mol. The Balaban J connectivity index is 1.88. The maximum atomic E-state index is 12.0. The molecule has 2 aromatic carbocycles. The molecule has 0 spiro atoms. The number of carbonyl (C=O) groups excluding carboxylic acids is 2. The van der Waals surface area contributed by atoms with Crippen molar-refractivity contribution in [1.29, 1.82) is 10.5 Å². The van der Waals surface area contributed by atoms with Gasteiger partial charge in [-0.3, -0.25) is 4.79 Å². The van der Waals surface area contributed by atoms with Crippen LogP contribution in [0.4, 0.5) is 5.69 Å². The Morgan fingerprint density at radius 1 is 1.00 bits per heavy atom. The van der Waals surface area contributed by atoms with Crippen LogP contribution in [0.5, 0.6) is 0 Å². The quantitative estimate of drug-likeness (QED) is 0.663. The van der Waals surface area contributed by atoms with Crippen molar-refractivity contribution in [2.75, 3.05) is 5.32 Å². The van der Waals surface area contributed by atoms with Gasteiger partial charge in [0.25, 0.3) is 5.91 Å². The number of nitriles is 2. The first kappa shape index (κ1) is 18.4. The minimum Gasteiger partial charge on any atom is -0.449 e. The van der Waals surface area contributed by atoms with Crippen LogP contribution in [0.1, 0.15) is 23.6 Å². The Bertz CT molecular complexity index is 901. The van der Waals surface area contributed by atoms with E-state index in [9.17, 15) is 9.59 Å². The van der Waals surface area contributed by atoms with E-state index in [0.29, 0.717) is 16.8 Å². The number of hydrogen-bond donors (Lipinski definition) is 1. The lowest BCUT2D eigenvalue weighted by Crippen LogP contribution is -2.29. The van der Waals surface area contributed by atoms with Gasteiger partial charge in [-0.05, 0) is 55.0 Å². The van der Waals surface area contributed by atoms with E-state index in [0.717, 1.165) is 5.56 Å². The topological polar surface area (TPSA) is 103 Å². The van der Waals surface area contributed by atoms with Crippen molar-refractivity contribution in [3.63, 3.8) is 0 Å². The third kappa shape index (κ3) is 5.33. The fourth-order valence-electron chi connectivity index (χ4n) is 1.97. The second-order valence-electron chi connectivity index (χ2n) is 5.32. The van der Waals surface area contributed by atoms with E-state index in [-0.39, 0.29) is 0 Å². The van der Waals surface area contributed by atoms with Gasteiger partial charge in [0.1, 0.15) is 0 Å². The Morgan fingerprint density at radius 2 is 1.54 bits per heavy atom. The lowest BCUT2D eigenvalue weighted by atomic mass is 10.1. The molecule has 0 saturated carbocycles. The summed E-state index contributed by atoms with van der Waals surface area (Å²) in [4.78, 5) is 23.9. The SMILES string of the molecule is C[C@@H](OC(=O)/C=C/c1ccc(C#N)cc1)C(=O)Nc1ccc(C#N)cc1. The summed E-state index contributed by atoms with van der Waals surface area (Å²) in [5, 5.41) is 20.1. The molecular formula is C20H15N3O3. The number of hydrogen-bond acceptors (Lipinski definition) is 5. The first-order valence-corrected chi connectivity index (χ1v) is 7.71. The number of rotatable bonds is 5. The molecule has 2 aromatic rings. The molecule has 0 bridgehead atoms. The van der Waals surface area contributed by atoms with E-state index in [2.05, 4.69) is 5.32 Å². The molecule has 128 valence electrons. The summed E-state index contributed by atoms with van der Waals surface area (Å²) in [7, 11) is 0. The molecule has 26 heavy (non-hydrogen) atoms. The van der Waals surface area contributed by atoms with E-state index in [1.165, 1.54) is 19.1 Å². The number of esters is 1. The van der Waals surface area contributed by atoms with Gasteiger partial charge in [0.05, 0.1) is 23.3 Å². The molecule has 0 saturated heterocycles. The summed E-state index contributed by atoms with van der Waals surface area (Å²) >= 11 is 0. The summed E-state index contributed by atoms with van der Waals surface area (Å²) in [5.74, 6) is -1.13. The van der Waals surface area contributed by atoms with Crippen LogP contribution in [0.3, 0.4) is 0 Å². The van der Waals surface area contributed by atoms with Crippen molar-refractivity contribution in [2.45, 2.75) is 13.0 Å². The Labute approximate surface area is 150 Å². The Morgan fingerprint density at radius 3 is 2.08 bits per heavy atom. The molecule has 1 N–H and O–H groups in total. The van der Waals surface area contributed by atoms with Gasteiger partial charge in [-0.1, -0.05) is 12.1 Å². The zero-order valence-electron chi connectivity index (χ0n) is 14.0. The zero-order chi connectivity index (χ0) is 18.9. The lowest BCUT2D eigenvalue weighted by Gasteiger charge is -2.12. The molecule has 0 fully saturated rings. The van der Waals surface area contributed by atoms with E-state index in [4.69, 9.17) is 15.3 Å². The van der Waals surface area contributed by atoms with Crippen molar-refractivity contribution in [3.05, 3.63) is 71.3 Å². The maximum Gasteiger partial charge on any atom is 0.331 e. The first-order valence-electron chi connectivity index (χ1n) is 7.71. The van der Waals surface area contributed by atoms with E-state index >= 15 is 0 Å². The number of amides is 1. The molecule has 0 aromatic heterocycles. The number of nitrogens with one attached hydrogen (secondary N) is 1. The minimum atomic E-state index is -0.983. The number of nitrogens with zero attached hydrogens (tertiary/aromatic N) is 2. The summed E-state index contributed by atoms with van der Waals surface area (Å²) in [5.41, 5.74) is 2.24. The van der Waals surface area contributed by atoms with Crippen LogP contribution in [0.25, 0.3) is 6.08 Å². The van der Waals surface area contributed by atoms with E-state index in [1.54, 1.807) is 48.5 Å². The number of ether oxygens (including phenoxy) is 1. The minimum absolute atomic E-state index is 0.477. The number of anilines is 1. The first-order chi connectivity index (χ1) is 12.5. The van der Waals surface area contributed by atoms with Crippen molar-refractivity contribution in [2.24, 2.45) is 0 Å². The molecule has 0 aliphatic heterocycles. The molecule has 0 aliphatic carbocycles. The van der Waals surface area contributed by atoms with Gasteiger partial charge >= 0.3 is 5.97 Å². The highest BCUT2D eigenvalue weighted by Gasteiger charge is 2.16. The maximum absolute atomic E-state index is 12.0. The molecule has 6 heteroatoms. The second kappa shape index (κ2) is 8.81. The van der Waals surface area contributed by atoms with E-state index in [1.807, 2.05) is 12.1 Å². The Hall–Kier alpha value is -3.90. The van der Waals surface area contributed by atoms with Crippen LogP contribution in [0, 0.1) is 22.7 Å². The van der Waals surface area contributed by atoms with Crippen molar-refractivity contribution in [3.8, 4) is 12.1 Å². The number of benzene rings is 2. The largest absolute Gasteiger partial charge is 0.449 e. The molecule has 1 amide bonds. The highest BCUT2D eigenvalue weighted by atomic mass is 16.5. The molecule has 0 heterocycles. The van der Waals surface area contributed by atoms with Gasteiger partial charge in [-0.2, -0.15) is 10.5 Å². The smallest absolute Gasteiger partial charge is 0.331 e. The van der Waals surface area contributed by atoms with Crippen molar-refractivity contribution >= 4 is 23.6 Å². The highest BCUT2D eigenvalue weighted by Crippen LogP contribution is 2.10. The summed E-state index contributed by atoms with van der Waals surface area (Å²) < 4.78 is 5.05. The van der Waals surface area contributed by atoms with Gasteiger partial charge in [0.15, 0.2) is 6.10 Å². The van der Waals surface area contributed by atoms with Gasteiger partial charge in [0.2, 0.25) is 0 Å². The Kier molecular flexibility index (Phi) is 6.25. The second-order valence-corrected chi connectivity index (χ2v) is 5.32. The molecule has 2 rings (SSSR count). The molecular weight excluding hydrogens is 330 g/mol. The normalized spacial score (nSPS) is 11.2. The van der Waals surface area contributed by atoms with Crippen molar-refractivity contribution in [1.82, 2.24) is 0 Å². The van der Waals surface area contributed by atoms with Crippen LogP contribution < -0.4 is 5.32 Å². The molecule has 6 nitrogen and oxygen atoms in total. The summed E-state index contributed by atoms with van der Waals surface area (Å²) in [6, 6.07) is 17.0. The van der Waals surface area contributed by atoms with Gasteiger partial charge in [-0.15, -0.1) is 0 Å². The monoisotopic (exact) mass is 345 g/mol. The highest BCUT2D eigenvalue weighted by molar-refractivity contribution is 5.96. The molecule has 1 atom stereocenters. The van der Waals surface area contributed by atoms with Crippen LogP contribution >= 0.6 is 0 Å². The van der Waals surface area contributed by atoms with Crippen LogP contribution in [-0.4, -0.2) is 18.0 Å². The summed E-state index contributed by atoms with van der Waals surface area (Å²) in [6.45, 7) is 1.46. The third-order valence-corrected chi connectivity index (χ3v) is 3.40. The van der Waals surface area contributed by atoms with Gasteiger partial charge in [-0.25, -0.2) is 4.79 Å². The predicted octanol–water partition coefficient (Wildman–Crippen LogP) is 3.01. The third-order valence-electron chi connectivity index (χ3n) is 3.40. The molecule has 0 radical (unpaired) electrons. The molecule has 0 aliphatic rings. The van der Waals surface area contributed by atoms with Crippen LogP contribution in [0.15, 0.2) is 54.6 Å².